The minimum absolute atomic E-state index is 0.935. The Morgan fingerprint density at radius 3 is 2.50 bits per heavy atom. The predicted molar refractivity (Wildman–Crippen MR) is 74.1 cm³/mol. The second kappa shape index (κ2) is 6.30. The predicted octanol–water partition coefficient (Wildman–Crippen LogP) is 3.64. The second-order valence-electron chi connectivity index (χ2n) is 5.64. The first-order valence-electron chi connectivity index (χ1n) is 7.13. The van der Waals surface area contributed by atoms with Crippen molar-refractivity contribution in [3.63, 3.8) is 0 Å². The Balaban J connectivity index is 1.64. The Kier molecular flexibility index (Phi) is 5.02. The van der Waals surface area contributed by atoms with E-state index >= 15 is 0 Å². The fourth-order valence-corrected chi connectivity index (χ4v) is 3.97. The molecule has 2 heteroatoms. The number of rotatable bonds is 5. The van der Waals surface area contributed by atoms with Crippen molar-refractivity contribution in [3.8, 4) is 0 Å². The maximum atomic E-state index is 2.76. The molecule has 2 aliphatic rings. The molecule has 0 spiro atoms. The van der Waals surface area contributed by atoms with E-state index in [1.807, 2.05) is 0 Å². The molecule has 0 aromatic heterocycles. The van der Waals surface area contributed by atoms with Crippen LogP contribution in [0.1, 0.15) is 46.0 Å². The summed E-state index contributed by atoms with van der Waals surface area (Å²) < 4.78 is 0. The Labute approximate surface area is 105 Å². The first kappa shape index (κ1) is 12.8. The molecule has 1 saturated carbocycles. The van der Waals surface area contributed by atoms with Crippen LogP contribution >= 0.6 is 11.8 Å². The van der Waals surface area contributed by atoms with Crippen LogP contribution in [0.15, 0.2) is 0 Å². The summed E-state index contributed by atoms with van der Waals surface area (Å²) in [5.74, 6) is 4.59. The lowest BCUT2D eigenvalue weighted by Gasteiger charge is -2.48. The van der Waals surface area contributed by atoms with Gasteiger partial charge in [0.1, 0.15) is 0 Å². The van der Waals surface area contributed by atoms with Crippen molar-refractivity contribution in [3.05, 3.63) is 0 Å². The molecule has 0 aromatic carbocycles. The van der Waals surface area contributed by atoms with Crippen LogP contribution in [0.2, 0.25) is 0 Å². The van der Waals surface area contributed by atoms with E-state index in [-0.39, 0.29) is 0 Å². The van der Waals surface area contributed by atoms with Crippen LogP contribution in [0, 0.1) is 11.8 Å². The molecular formula is C14H27NS. The average Bonchev–Trinajstić information content (AvgIpc) is 2.26. The average molecular weight is 241 g/mol. The zero-order valence-corrected chi connectivity index (χ0v) is 11.8. The van der Waals surface area contributed by atoms with Crippen molar-refractivity contribution in [2.75, 3.05) is 24.6 Å². The third-order valence-corrected chi connectivity index (χ3v) is 5.59. The molecule has 1 unspecified atom stereocenters. The molecule has 0 radical (unpaired) electrons. The van der Waals surface area contributed by atoms with Gasteiger partial charge in [-0.2, -0.15) is 11.8 Å². The van der Waals surface area contributed by atoms with E-state index in [4.69, 9.17) is 0 Å². The van der Waals surface area contributed by atoms with Crippen LogP contribution in [0.4, 0.5) is 0 Å². The monoisotopic (exact) mass is 241 g/mol. The molecule has 0 amide bonds. The molecule has 1 atom stereocenters. The van der Waals surface area contributed by atoms with Gasteiger partial charge in [0.2, 0.25) is 0 Å². The number of hydrogen-bond donors (Lipinski definition) is 0. The minimum atomic E-state index is 0.935. The molecule has 0 aromatic rings. The lowest BCUT2D eigenvalue weighted by Crippen LogP contribution is -2.54. The van der Waals surface area contributed by atoms with Gasteiger partial charge in [-0.3, -0.25) is 4.90 Å². The van der Waals surface area contributed by atoms with Crippen LogP contribution < -0.4 is 0 Å². The molecule has 1 aliphatic carbocycles. The number of hydrogen-bond acceptors (Lipinski definition) is 2. The summed E-state index contributed by atoms with van der Waals surface area (Å²) >= 11 is 2.11. The zero-order valence-electron chi connectivity index (χ0n) is 11.0. The van der Waals surface area contributed by atoms with Crippen molar-refractivity contribution < 1.29 is 0 Å². The van der Waals surface area contributed by atoms with Crippen molar-refractivity contribution in [1.29, 1.82) is 0 Å². The highest BCUT2D eigenvalue weighted by Gasteiger charge is 2.35. The van der Waals surface area contributed by atoms with E-state index in [0.29, 0.717) is 0 Å². The summed E-state index contributed by atoms with van der Waals surface area (Å²) in [6, 6.07) is 0.955. The van der Waals surface area contributed by atoms with Gasteiger partial charge >= 0.3 is 0 Å². The molecule has 2 fully saturated rings. The number of nitrogens with zero attached hydrogens (tertiary/aromatic N) is 1. The van der Waals surface area contributed by atoms with E-state index in [1.54, 1.807) is 0 Å². The number of thioether (sulfide) groups is 1. The molecule has 0 N–H and O–H groups in total. The topological polar surface area (TPSA) is 3.24 Å². The molecule has 2 rings (SSSR count). The van der Waals surface area contributed by atoms with E-state index in [1.165, 1.54) is 56.7 Å². The highest BCUT2D eigenvalue weighted by atomic mass is 32.2. The second-order valence-corrected chi connectivity index (χ2v) is 6.96. The van der Waals surface area contributed by atoms with Crippen molar-refractivity contribution in [2.45, 2.75) is 52.0 Å². The van der Waals surface area contributed by atoms with Gasteiger partial charge in [-0.05, 0) is 36.2 Å². The minimum Gasteiger partial charge on any atom is -0.300 e. The zero-order chi connectivity index (χ0) is 11.4. The Morgan fingerprint density at radius 2 is 1.88 bits per heavy atom. The summed E-state index contributed by atoms with van der Waals surface area (Å²) in [5, 5.41) is 0. The van der Waals surface area contributed by atoms with Gasteiger partial charge in [-0.1, -0.05) is 33.1 Å². The van der Waals surface area contributed by atoms with Crippen LogP contribution in [0.3, 0.4) is 0 Å². The van der Waals surface area contributed by atoms with Gasteiger partial charge in [0.05, 0.1) is 0 Å². The van der Waals surface area contributed by atoms with Crippen LogP contribution in [0.5, 0.6) is 0 Å². The van der Waals surface area contributed by atoms with Crippen LogP contribution in [-0.4, -0.2) is 35.5 Å². The van der Waals surface area contributed by atoms with E-state index < -0.39 is 0 Å². The van der Waals surface area contributed by atoms with Gasteiger partial charge in [0.15, 0.2) is 0 Å². The smallest absolute Gasteiger partial charge is 0.00955 e. The lowest BCUT2D eigenvalue weighted by atomic mass is 9.84. The maximum absolute atomic E-state index is 2.76. The normalized spacial score (nSPS) is 26.6. The summed E-state index contributed by atoms with van der Waals surface area (Å²) in [5.41, 5.74) is 0. The van der Waals surface area contributed by atoms with Crippen LogP contribution in [-0.2, 0) is 0 Å². The maximum Gasteiger partial charge on any atom is 0.00955 e. The summed E-state index contributed by atoms with van der Waals surface area (Å²) in [6.07, 6.45) is 7.40. The summed E-state index contributed by atoms with van der Waals surface area (Å²) in [4.78, 5) is 2.76. The van der Waals surface area contributed by atoms with Gasteiger partial charge < -0.3 is 0 Å². The van der Waals surface area contributed by atoms with Crippen molar-refractivity contribution in [2.24, 2.45) is 11.8 Å². The molecule has 16 heavy (non-hydrogen) atoms. The molecule has 1 saturated heterocycles. The summed E-state index contributed by atoms with van der Waals surface area (Å²) in [7, 11) is 0. The third kappa shape index (κ3) is 3.16. The Bertz CT molecular complexity index is 195. The molecule has 1 heterocycles. The fourth-order valence-electron chi connectivity index (χ4n) is 3.09. The first-order valence-corrected chi connectivity index (χ1v) is 8.28. The Hall–Kier alpha value is 0.310. The van der Waals surface area contributed by atoms with Gasteiger partial charge in [-0.25, -0.2) is 0 Å². The van der Waals surface area contributed by atoms with Gasteiger partial charge in [0.25, 0.3) is 0 Å². The highest BCUT2D eigenvalue weighted by molar-refractivity contribution is 7.99. The largest absolute Gasteiger partial charge is 0.300 e. The standard InChI is InChI=1S/C14H27NS/c1-3-16-11-12(2)13-9-15(10-13)14-7-5-4-6-8-14/h12-14H,3-11H2,1-2H3. The Morgan fingerprint density at radius 1 is 1.19 bits per heavy atom. The molecule has 0 bridgehead atoms. The molecule has 1 nitrogen and oxygen atoms in total. The van der Waals surface area contributed by atoms with E-state index in [9.17, 15) is 0 Å². The van der Waals surface area contributed by atoms with Gasteiger partial charge in [0, 0.05) is 19.1 Å². The lowest BCUT2D eigenvalue weighted by molar-refractivity contribution is 0.0146. The number of likely N-dealkylation sites (tertiary alicyclic amines) is 1. The quantitative estimate of drug-likeness (QED) is 0.723. The van der Waals surface area contributed by atoms with E-state index in [2.05, 4.69) is 30.5 Å². The fraction of sp³-hybridized carbons (Fsp3) is 1.00. The SMILES string of the molecule is CCSCC(C)C1CN(C2CCCCC2)C1. The van der Waals surface area contributed by atoms with Crippen molar-refractivity contribution >= 4 is 11.8 Å². The first-order chi connectivity index (χ1) is 7.81. The van der Waals surface area contributed by atoms with E-state index in [0.717, 1.165) is 17.9 Å². The molecular weight excluding hydrogens is 214 g/mol. The van der Waals surface area contributed by atoms with Crippen molar-refractivity contribution in [1.82, 2.24) is 4.90 Å². The summed E-state index contributed by atoms with van der Waals surface area (Å²) in [6.45, 7) is 7.52. The molecule has 94 valence electrons. The molecule has 1 aliphatic heterocycles. The van der Waals surface area contributed by atoms with Crippen LogP contribution in [0.25, 0.3) is 0 Å². The highest BCUT2D eigenvalue weighted by Crippen LogP contribution is 2.32. The van der Waals surface area contributed by atoms with Gasteiger partial charge in [-0.15, -0.1) is 0 Å². The third-order valence-electron chi connectivity index (χ3n) is 4.42.